The molecule has 2 aliphatic heterocycles. The highest BCUT2D eigenvalue weighted by Crippen LogP contribution is 2.39. The van der Waals surface area contributed by atoms with Crippen molar-refractivity contribution in [1.29, 1.82) is 0 Å². The zero-order valence-electron chi connectivity index (χ0n) is 12.4. The summed E-state index contributed by atoms with van der Waals surface area (Å²) in [6.45, 7) is 5.21. The number of hydrogen-bond donors (Lipinski definition) is 1. The first kappa shape index (κ1) is 17.4. The van der Waals surface area contributed by atoms with Crippen molar-refractivity contribution in [2.45, 2.75) is 13.3 Å². The number of carbonyl (C=O) groups is 1. The Labute approximate surface area is 144 Å². The van der Waals surface area contributed by atoms with Crippen molar-refractivity contribution in [3.8, 4) is 11.5 Å². The van der Waals surface area contributed by atoms with E-state index < -0.39 is 0 Å². The van der Waals surface area contributed by atoms with E-state index >= 15 is 0 Å². The van der Waals surface area contributed by atoms with Crippen LogP contribution >= 0.6 is 28.3 Å². The number of hydrogen-bond acceptors (Lipinski definition) is 4. The molecule has 0 radical (unpaired) electrons. The summed E-state index contributed by atoms with van der Waals surface area (Å²) in [4.78, 5) is 14.5. The Morgan fingerprint density at radius 1 is 1.41 bits per heavy atom. The summed E-state index contributed by atoms with van der Waals surface area (Å²) >= 11 is 3.45. The number of nitrogens with zero attached hydrogens (tertiary/aromatic N) is 1. The normalized spacial score (nSPS) is 23.1. The summed E-state index contributed by atoms with van der Waals surface area (Å²) in [7, 11) is 0. The second kappa shape index (κ2) is 6.64. The van der Waals surface area contributed by atoms with Crippen LogP contribution in [-0.2, 0) is 0 Å². The molecule has 1 unspecified atom stereocenters. The van der Waals surface area contributed by atoms with Gasteiger partial charge in [-0.2, -0.15) is 0 Å². The lowest BCUT2D eigenvalue weighted by Crippen LogP contribution is -2.34. The Morgan fingerprint density at radius 2 is 2.14 bits per heavy atom. The van der Waals surface area contributed by atoms with Crippen LogP contribution < -0.4 is 15.2 Å². The van der Waals surface area contributed by atoms with Crippen LogP contribution in [-0.4, -0.2) is 43.7 Å². The number of ether oxygens (including phenoxy) is 2. The summed E-state index contributed by atoms with van der Waals surface area (Å²) in [5.74, 6) is 1.32. The van der Waals surface area contributed by atoms with E-state index in [-0.39, 0.29) is 23.7 Å². The largest absolute Gasteiger partial charge is 0.486 e. The molecular formula is C15H20BrClN2O3. The van der Waals surface area contributed by atoms with Gasteiger partial charge in [0, 0.05) is 18.7 Å². The van der Waals surface area contributed by atoms with E-state index in [2.05, 4.69) is 22.9 Å². The van der Waals surface area contributed by atoms with Crippen LogP contribution in [0.25, 0.3) is 0 Å². The zero-order valence-corrected chi connectivity index (χ0v) is 14.8. The van der Waals surface area contributed by atoms with E-state index in [4.69, 9.17) is 15.2 Å². The second-order valence-corrected chi connectivity index (χ2v) is 6.83. The van der Waals surface area contributed by atoms with Gasteiger partial charge in [-0.1, -0.05) is 6.92 Å². The summed E-state index contributed by atoms with van der Waals surface area (Å²) in [5.41, 5.74) is 6.45. The first-order valence-electron chi connectivity index (χ1n) is 7.11. The molecule has 0 aromatic heterocycles. The number of benzene rings is 1. The van der Waals surface area contributed by atoms with Crippen molar-refractivity contribution < 1.29 is 14.3 Å². The molecule has 2 aliphatic rings. The zero-order chi connectivity index (χ0) is 15.0. The molecule has 1 fully saturated rings. The number of fused-ring (bicyclic) bond motifs is 1. The van der Waals surface area contributed by atoms with Gasteiger partial charge in [0.25, 0.3) is 5.91 Å². The molecule has 1 saturated heterocycles. The molecule has 0 saturated carbocycles. The Kier molecular flexibility index (Phi) is 5.25. The average Bonchev–Trinajstić information content (AvgIpc) is 2.90. The minimum atomic E-state index is 0. The van der Waals surface area contributed by atoms with E-state index in [9.17, 15) is 4.79 Å². The van der Waals surface area contributed by atoms with Gasteiger partial charge in [-0.3, -0.25) is 4.79 Å². The molecule has 1 atom stereocenters. The van der Waals surface area contributed by atoms with Crippen LogP contribution in [0.3, 0.4) is 0 Å². The lowest BCUT2D eigenvalue weighted by Gasteiger charge is -2.24. The number of likely N-dealkylation sites (tertiary alicyclic amines) is 1. The lowest BCUT2D eigenvalue weighted by atomic mass is 9.90. The fourth-order valence-corrected chi connectivity index (χ4v) is 3.34. The molecule has 0 aliphatic carbocycles. The van der Waals surface area contributed by atoms with Crippen LogP contribution in [0.2, 0.25) is 0 Å². The molecule has 2 heterocycles. The molecule has 0 spiro atoms. The third kappa shape index (κ3) is 3.19. The van der Waals surface area contributed by atoms with Crippen molar-refractivity contribution in [3.05, 3.63) is 22.2 Å². The number of carbonyl (C=O) groups excluding carboxylic acids is 1. The molecule has 1 aromatic carbocycles. The highest BCUT2D eigenvalue weighted by atomic mass is 79.9. The molecule has 122 valence electrons. The van der Waals surface area contributed by atoms with Crippen LogP contribution in [0.15, 0.2) is 16.6 Å². The van der Waals surface area contributed by atoms with E-state index in [1.54, 1.807) is 12.1 Å². The monoisotopic (exact) mass is 390 g/mol. The van der Waals surface area contributed by atoms with Crippen molar-refractivity contribution >= 4 is 34.2 Å². The average molecular weight is 392 g/mol. The molecule has 5 nitrogen and oxygen atoms in total. The predicted molar refractivity (Wildman–Crippen MR) is 90.1 cm³/mol. The molecule has 2 N–H and O–H groups in total. The summed E-state index contributed by atoms with van der Waals surface area (Å²) in [5, 5.41) is 0. The summed E-state index contributed by atoms with van der Waals surface area (Å²) in [6.07, 6.45) is 0.945. The fourth-order valence-electron chi connectivity index (χ4n) is 2.78. The highest BCUT2D eigenvalue weighted by Gasteiger charge is 2.35. The Bertz CT molecular complexity index is 584. The highest BCUT2D eigenvalue weighted by molar-refractivity contribution is 9.10. The molecule has 0 bridgehead atoms. The van der Waals surface area contributed by atoms with E-state index in [0.717, 1.165) is 17.4 Å². The Hall–Kier alpha value is -0.980. The number of halogens is 2. The Balaban J connectivity index is 0.00000176. The summed E-state index contributed by atoms with van der Waals surface area (Å²) < 4.78 is 11.9. The van der Waals surface area contributed by atoms with Gasteiger partial charge >= 0.3 is 0 Å². The van der Waals surface area contributed by atoms with E-state index in [1.165, 1.54) is 0 Å². The minimum absolute atomic E-state index is 0. The molecule has 7 heteroatoms. The van der Waals surface area contributed by atoms with Crippen LogP contribution in [0, 0.1) is 5.41 Å². The number of rotatable bonds is 2. The Morgan fingerprint density at radius 3 is 2.82 bits per heavy atom. The second-order valence-electron chi connectivity index (χ2n) is 5.97. The predicted octanol–water partition coefficient (Wildman–Crippen LogP) is 2.45. The minimum Gasteiger partial charge on any atom is -0.486 e. The fraction of sp³-hybridized carbons (Fsp3) is 0.533. The van der Waals surface area contributed by atoms with E-state index in [0.29, 0.717) is 43.4 Å². The molecule has 3 rings (SSSR count). The summed E-state index contributed by atoms with van der Waals surface area (Å²) in [6, 6.07) is 3.56. The topological polar surface area (TPSA) is 64.8 Å². The first-order valence-corrected chi connectivity index (χ1v) is 7.90. The first-order chi connectivity index (χ1) is 10.0. The standard InChI is InChI=1S/C15H19BrN2O3.ClH/c1-15(8-17)2-3-18(9-15)14(19)10-6-11(16)13-12(7-10)20-4-5-21-13;/h6-7H,2-5,8-9,17H2,1H3;1H. The number of amides is 1. The van der Waals surface area contributed by atoms with Crippen LogP contribution in [0.4, 0.5) is 0 Å². The maximum atomic E-state index is 12.7. The van der Waals surface area contributed by atoms with Crippen molar-refractivity contribution in [2.24, 2.45) is 11.1 Å². The smallest absolute Gasteiger partial charge is 0.254 e. The maximum absolute atomic E-state index is 12.7. The van der Waals surface area contributed by atoms with E-state index in [1.807, 2.05) is 4.90 Å². The van der Waals surface area contributed by atoms with Crippen molar-refractivity contribution in [3.63, 3.8) is 0 Å². The third-order valence-electron chi connectivity index (χ3n) is 4.18. The SMILES string of the molecule is CC1(CN)CCN(C(=O)c2cc(Br)c3c(c2)OCCO3)C1.Cl. The van der Waals surface area contributed by atoms with Gasteiger partial charge in [0.2, 0.25) is 0 Å². The quantitative estimate of drug-likeness (QED) is 0.841. The van der Waals surface area contributed by atoms with Gasteiger partial charge in [-0.05, 0) is 46.4 Å². The molecular weight excluding hydrogens is 372 g/mol. The van der Waals surface area contributed by atoms with Gasteiger partial charge in [-0.25, -0.2) is 0 Å². The lowest BCUT2D eigenvalue weighted by molar-refractivity contribution is 0.0775. The molecule has 1 amide bonds. The van der Waals surface area contributed by atoms with Crippen molar-refractivity contribution in [2.75, 3.05) is 32.8 Å². The van der Waals surface area contributed by atoms with Gasteiger partial charge in [0.1, 0.15) is 13.2 Å². The van der Waals surface area contributed by atoms with Gasteiger partial charge in [-0.15, -0.1) is 12.4 Å². The molecule has 1 aromatic rings. The molecule has 22 heavy (non-hydrogen) atoms. The van der Waals surface area contributed by atoms with Crippen LogP contribution in [0.1, 0.15) is 23.7 Å². The van der Waals surface area contributed by atoms with Crippen molar-refractivity contribution in [1.82, 2.24) is 4.90 Å². The van der Waals surface area contributed by atoms with Gasteiger partial charge < -0.3 is 20.1 Å². The third-order valence-corrected chi connectivity index (χ3v) is 4.77. The number of nitrogens with two attached hydrogens (primary N) is 1. The van der Waals surface area contributed by atoms with Gasteiger partial charge in [0.15, 0.2) is 11.5 Å². The van der Waals surface area contributed by atoms with Crippen LogP contribution in [0.5, 0.6) is 11.5 Å². The maximum Gasteiger partial charge on any atom is 0.254 e. The van der Waals surface area contributed by atoms with Gasteiger partial charge in [0.05, 0.1) is 4.47 Å².